The van der Waals surface area contributed by atoms with Gasteiger partial charge in [0.1, 0.15) is 0 Å². The molecule has 0 heterocycles. The third-order valence-electron chi connectivity index (χ3n) is 1.28. The summed E-state index contributed by atoms with van der Waals surface area (Å²) in [5.74, 6) is -0.422. The van der Waals surface area contributed by atoms with Crippen LogP contribution in [0.3, 0.4) is 0 Å². The molecule has 0 unspecified atom stereocenters. The molecule has 0 aliphatic carbocycles. The van der Waals surface area contributed by atoms with E-state index in [0.717, 1.165) is 0 Å². The first-order chi connectivity index (χ1) is 5.74. The van der Waals surface area contributed by atoms with E-state index in [1.54, 1.807) is 30.5 Å². The van der Waals surface area contributed by atoms with Crippen molar-refractivity contribution in [1.82, 2.24) is 5.32 Å². The second kappa shape index (κ2) is 6.54. The third kappa shape index (κ3) is 4.23. The zero-order chi connectivity index (χ0) is 8.97. The van der Waals surface area contributed by atoms with Crippen molar-refractivity contribution in [2.45, 2.75) is 0 Å². The van der Waals surface area contributed by atoms with Gasteiger partial charge in [0.25, 0.3) is 5.91 Å². The Morgan fingerprint density at radius 3 is 2.38 bits per heavy atom. The number of rotatable bonds is 1. The summed E-state index contributed by atoms with van der Waals surface area (Å²) in [6.45, 7) is 0. The van der Waals surface area contributed by atoms with Crippen LogP contribution in [0, 0.1) is 11.5 Å². The first-order valence-electron chi connectivity index (χ1n) is 3.19. The Morgan fingerprint density at radius 2 is 1.92 bits per heavy atom. The number of halogens is 1. The van der Waals surface area contributed by atoms with E-state index in [0.29, 0.717) is 10.6 Å². The monoisotopic (exact) mass is 220 g/mol. The molecule has 0 bridgehead atoms. The Labute approximate surface area is 123 Å². The van der Waals surface area contributed by atoms with Gasteiger partial charge < -0.3 is 0 Å². The SMILES string of the molecule is N#CNC(=O)c1ccc(Cl)cc1.[KH]. The fourth-order valence-electron chi connectivity index (χ4n) is 0.724. The number of hydrogen-bond acceptors (Lipinski definition) is 2. The van der Waals surface area contributed by atoms with Gasteiger partial charge in [-0.05, 0) is 24.3 Å². The first-order valence-corrected chi connectivity index (χ1v) is 3.57. The van der Waals surface area contributed by atoms with E-state index >= 15 is 0 Å². The molecular formula is C8H6ClKN2O. The number of carbonyl (C=O) groups is 1. The molecular weight excluding hydrogens is 215 g/mol. The fraction of sp³-hybridized carbons (Fsp3) is 0. The van der Waals surface area contributed by atoms with Crippen molar-refractivity contribution in [1.29, 1.82) is 5.26 Å². The van der Waals surface area contributed by atoms with Crippen molar-refractivity contribution in [3.05, 3.63) is 34.9 Å². The van der Waals surface area contributed by atoms with E-state index in [9.17, 15) is 4.79 Å². The second-order valence-electron chi connectivity index (χ2n) is 2.07. The molecule has 1 aromatic carbocycles. The number of hydrogen-bond donors (Lipinski definition) is 1. The topological polar surface area (TPSA) is 52.9 Å². The minimum atomic E-state index is -0.422. The first kappa shape index (κ1) is 13.1. The molecule has 62 valence electrons. The van der Waals surface area contributed by atoms with Crippen LogP contribution in [0.15, 0.2) is 24.3 Å². The van der Waals surface area contributed by atoms with Crippen molar-refractivity contribution < 1.29 is 4.79 Å². The molecule has 1 amide bonds. The molecule has 0 aliphatic rings. The third-order valence-corrected chi connectivity index (χ3v) is 1.53. The number of carbonyl (C=O) groups excluding carboxylic acids is 1. The molecule has 0 atom stereocenters. The molecule has 5 heteroatoms. The Morgan fingerprint density at radius 1 is 1.38 bits per heavy atom. The van der Waals surface area contributed by atoms with Crippen LogP contribution >= 0.6 is 11.6 Å². The quantitative estimate of drug-likeness (QED) is 0.435. The van der Waals surface area contributed by atoms with Gasteiger partial charge in [-0.2, -0.15) is 5.26 Å². The van der Waals surface area contributed by atoms with E-state index in [-0.39, 0.29) is 51.4 Å². The van der Waals surface area contributed by atoms with Gasteiger partial charge in [-0.25, -0.2) is 0 Å². The summed E-state index contributed by atoms with van der Waals surface area (Å²) in [6.07, 6.45) is 1.55. The predicted molar refractivity (Wildman–Crippen MR) is 51.7 cm³/mol. The Balaban J connectivity index is 0.00000144. The number of nitriles is 1. The maximum absolute atomic E-state index is 11.0. The van der Waals surface area contributed by atoms with Gasteiger partial charge in [0.2, 0.25) is 0 Å². The van der Waals surface area contributed by atoms with E-state index in [2.05, 4.69) is 0 Å². The molecule has 0 aromatic heterocycles. The maximum atomic E-state index is 11.0. The minimum absolute atomic E-state index is 0. The van der Waals surface area contributed by atoms with E-state index in [1.807, 2.05) is 5.32 Å². The van der Waals surface area contributed by atoms with Crippen LogP contribution in [0.4, 0.5) is 0 Å². The van der Waals surface area contributed by atoms with Crippen LogP contribution in [0.2, 0.25) is 5.02 Å². The Hall–Kier alpha value is 0.106. The normalized spacial score (nSPS) is 8.00. The summed E-state index contributed by atoms with van der Waals surface area (Å²) < 4.78 is 0. The molecule has 0 fully saturated rings. The second-order valence-corrected chi connectivity index (χ2v) is 2.51. The average Bonchev–Trinajstić information content (AvgIpc) is 2.06. The van der Waals surface area contributed by atoms with Crippen molar-refractivity contribution in [3.63, 3.8) is 0 Å². The van der Waals surface area contributed by atoms with E-state index in [1.165, 1.54) is 0 Å². The van der Waals surface area contributed by atoms with Crippen LogP contribution in [0.1, 0.15) is 10.4 Å². The molecule has 13 heavy (non-hydrogen) atoms. The van der Waals surface area contributed by atoms with Crippen LogP contribution in [0.5, 0.6) is 0 Å². The van der Waals surface area contributed by atoms with Gasteiger partial charge in [0.15, 0.2) is 6.19 Å². The molecule has 0 saturated heterocycles. The number of amides is 1. The van der Waals surface area contributed by atoms with Crippen LogP contribution in [-0.4, -0.2) is 57.3 Å². The number of nitrogens with zero attached hydrogens (tertiary/aromatic N) is 1. The molecule has 1 aromatic rings. The average molecular weight is 221 g/mol. The van der Waals surface area contributed by atoms with Gasteiger partial charge in [0.05, 0.1) is 0 Å². The summed E-state index contributed by atoms with van der Waals surface area (Å²) in [5, 5.41) is 10.7. The summed E-state index contributed by atoms with van der Waals surface area (Å²) in [7, 11) is 0. The summed E-state index contributed by atoms with van der Waals surface area (Å²) in [6, 6.07) is 6.28. The van der Waals surface area contributed by atoms with Gasteiger partial charge in [-0.3, -0.25) is 10.1 Å². The van der Waals surface area contributed by atoms with Gasteiger partial charge >= 0.3 is 51.4 Å². The number of nitrogens with one attached hydrogen (secondary N) is 1. The molecule has 1 N–H and O–H groups in total. The van der Waals surface area contributed by atoms with Crippen molar-refractivity contribution in [2.24, 2.45) is 0 Å². The van der Waals surface area contributed by atoms with Crippen LogP contribution in [-0.2, 0) is 0 Å². The molecule has 0 spiro atoms. The fourth-order valence-corrected chi connectivity index (χ4v) is 0.850. The van der Waals surface area contributed by atoms with Gasteiger partial charge in [0, 0.05) is 10.6 Å². The van der Waals surface area contributed by atoms with Crippen molar-refractivity contribution in [3.8, 4) is 6.19 Å². The number of benzene rings is 1. The van der Waals surface area contributed by atoms with Crippen molar-refractivity contribution >= 4 is 68.9 Å². The molecule has 0 aliphatic heterocycles. The van der Waals surface area contributed by atoms with Gasteiger partial charge in [-0.15, -0.1) is 0 Å². The van der Waals surface area contributed by atoms with Crippen LogP contribution in [0.25, 0.3) is 0 Å². The zero-order valence-corrected chi connectivity index (χ0v) is 6.80. The van der Waals surface area contributed by atoms with Crippen LogP contribution < -0.4 is 5.32 Å². The summed E-state index contributed by atoms with van der Waals surface area (Å²) in [4.78, 5) is 11.0. The standard InChI is InChI=1S/C8H5ClN2O.K.H/c9-7-3-1-6(2-4-7)8(12)11-5-10;;/h1-4H,(H,11,12);;. The molecule has 0 radical (unpaired) electrons. The summed E-state index contributed by atoms with van der Waals surface area (Å²) >= 11 is 5.60. The molecule has 3 nitrogen and oxygen atoms in total. The molecule has 0 saturated carbocycles. The summed E-state index contributed by atoms with van der Waals surface area (Å²) in [5.41, 5.74) is 0.418. The Bertz CT molecular complexity index is 331. The zero-order valence-electron chi connectivity index (χ0n) is 6.04. The van der Waals surface area contributed by atoms with E-state index in [4.69, 9.17) is 16.9 Å². The predicted octanol–water partition coefficient (Wildman–Crippen LogP) is 0.902. The Kier molecular flexibility index (Phi) is 6.60. The van der Waals surface area contributed by atoms with Crippen molar-refractivity contribution in [2.75, 3.05) is 0 Å². The molecule has 1 rings (SSSR count). The van der Waals surface area contributed by atoms with Gasteiger partial charge in [-0.1, -0.05) is 11.6 Å². The van der Waals surface area contributed by atoms with E-state index < -0.39 is 5.91 Å².